The van der Waals surface area contributed by atoms with Gasteiger partial charge in [-0.3, -0.25) is 4.79 Å². The molecular formula is C28H44O4. The Morgan fingerprint density at radius 1 is 1.09 bits per heavy atom. The number of carbonyl (C=O) groups excluding carboxylic acids is 1. The molecule has 5 unspecified atom stereocenters. The fourth-order valence-electron chi connectivity index (χ4n) is 9.12. The molecule has 4 aliphatic carbocycles. The molecule has 4 saturated carbocycles. The zero-order chi connectivity index (χ0) is 23.1. The van der Waals surface area contributed by atoms with Crippen molar-refractivity contribution >= 4 is 11.9 Å². The summed E-state index contributed by atoms with van der Waals surface area (Å²) in [5.41, 5.74) is 2.10. The number of hydrogen-bond acceptors (Lipinski definition) is 3. The van der Waals surface area contributed by atoms with Gasteiger partial charge in [0, 0.05) is 12.5 Å². The van der Waals surface area contributed by atoms with E-state index in [0.29, 0.717) is 41.6 Å². The Kier molecular flexibility index (Phi) is 6.81. The lowest BCUT2D eigenvalue weighted by Gasteiger charge is -2.61. The van der Waals surface area contributed by atoms with Gasteiger partial charge >= 0.3 is 11.9 Å². The molecule has 32 heavy (non-hydrogen) atoms. The third-order valence-corrected chi connectivity index (χ3v) is 10.7. The average Bonchev–Trinajstić information content (AvgIpc) is 3.09. The fraction of sp³-hybridized carbons (Fsp3) is 0.857. The largest absolute Gasteiger partial charge is 0.481 e. The van der Waals surface area contributed by atoms with Crippen molar-refractivity contribution in [3.63, 3.8) is 0 Å². The van der Waals surface area contributed by atoms with Gasteiger partial charge in [-0.15, -0.1) is 0 Å². The number of allylic oxidation sites excluding steroid dienone is 1. The van der Waals surface area contributed by atoms with Crippen molar-refractivity contribution in [3.8, 4) is 0 Å². The number of hydrogen-bond donors (Lipinski definition) is 1. The molecule has 4 rings (SSSR count). The molecule has 0 aromatic carbocycles. The number of esters is 1. The molecule has 0 radical (unpaired) electrons. The normalized spacial score (nSPS) is 43.1. The number of rotatable bonds is 6. The number of ether oxygens (including phenoxy) is 1. The van der Waals surface area contributed by atoms with Gasteiger partial charge in [-0.25, -0.2) is 4.79 Å². The molecule has 1 N–H and O–H groups in total. The van der Waals surface area contributed by atoms with Crippen LogP contribution in [-0.2, 0) is 14.3 Å². The lowest BCUT2D eigenvalue weighted by Crippen LogP contribution is -2.53. The van der Waals surface area contributed by atoms with Gasteiger partial charge in [-0.1, -0.05) is 26.3 Å². The second-order valence-corrected chi connectivity index (χ2v) is 12.1. The van der Waals surface area contributed by atoms with Crippen LogP contribution in [0.2, 0.25) is 0 Å². The Balaban J connectivity index is 1.46. The van der Waals surface area contributed by atoms with Crippen LogP contribution in [0.25, 0.3) is 0 Å². The zero-order valence-electron chi connectivity index (χ0n) is 20.7. The van der Waals surface area contributed by atoms with E-state index in [0.717, 1.165) is 37.0 Å². The lowest BCUT2D eigenvalue weighted by molar-refractivity contribution is -0.138. The predicted octanol–water partition coefficient (Wildman–Crippen LogP) is 6.64. The van der Waals surface area contributed by atoms with Crippen LogP contribution in [-0.4, -0.2) is 23.7 Å². The van der Waals surface area contributed by atoms with Gasteiger partial charge in [0.2, 0.25) is 0 Å². The standard InChI is InChI=1S/C28H44O4/c1-5-32-26(31)17-19-12-14-27(3)20(16-19)7-8-21-23-10-9-22(18(2)6-11-25(29)30)28(23,4)15-13-24(21)27/h17-18,20-24H,5-16H2,1-4H3,(H,29,30)/b19-17+/t18?,20?,21?,22-,23+,24+,27?,28?/m1/s1. The van der Waals surface area contributed by atoms with E-state index in [2.05, 4.69) is 20.8 Å². The maximum atomic E-state index is 12.0. The monoisotopic (exact) mass is 444 g/mol. The van der Waals surface area contributed by atoms with Crippen LogP contribution in [0.4, 0.5) is 0 Å². The van der Waals surface area contributed by atoms with Crippen molar-refractivity contribution in [1.29, 1.82) is 0 Å². The van der Waals surface area contributed by atoms with Crippen molar-refractivity contribution in [1.82, 2.24) is 0 Å². The molecule has 0 bridgehead atoms. The van der Waals surface area contributed by atoms with Crippen molar-refractivity contribution in [2.45, 2.75) is 98.3 Å². The van der Waals surface area contributed by atoms with Crippen LogP contribution < -0.4 is 0 Å². The Bertz CT molecular complexity index is 757. The van der Waals surface area contributed by atoms with Crippen LogP contribution in [0.15, 0.2) is 11.6 Å². The van der Waals surface area contributed by atoms with E-state index in [-0.39, 0.29) is 5.97 Å². The molecule has 4 fully saturated rings. The first-order valence-electron chi connectivity index (χ1n) is 13.3. The number of fused-ring (bicyclic) bond motifs is 5. The number of carboxylic acids is 1. The summed E-state index contributed by atoms with van der Waals surface area (Å²) in [6.45, 7) is 9.75. The molecule has 0 aromatic rings. The van der Waals surface area contributed by atoms with Crippen LogP contribution in [0, 0.1) is 46.3 Å². The summed E-state index contributed by atoms with van der Waals surface area (Å²) in [5.74, 6) is 3.54. The molecule has 8 atom stereocenters. The van der Waals surface area contributed by atoms with E-state index in [4.69, 9.17) is 9.84 Å². The van der Waals surface area contributed by atoms with Crippen LogP contribution in [0.1, 0.15) is 98.3 Å². The highest BCUT2D eigenvalue weighted by Crippen LogP contribution is 2.68. The molecule has 0 saturated heterocycles. The Morgan fingerprint density at radius 2 is 1.84 bits per heavy atom. The minimum Gasteiger partial charge on any atom is -0.481 e. The van der Waals surface area contributed by atoms with Gasteiger partial charge in [-0.05, 0) is 117 Å². The van der Waals surface area contributed by atoms with Gasteiger partial charge in [0.25, 0.3) is 0 Å². The van der Waals surface area contributed by atoms with Crippen molar-refractivity contribution in [2.24, 2.45) is 46.3 Å². The molecule has 4 aliphatic rings. The van der Waals surface area contributed by atoms with Crippen molar-refractivity contribution in [3.05, 3.63) is 11.6 Å². The lowest BCUT2D eigenvalue weighted by atomic mass is 9.44. The fourth-order valence-corrected chi connectivity index (χ4v) is 9.12. The number of carboxylic acid groups (broad SMARTS) is 1. The van der Waals surface area contributed by atoms with Gasteiger partial charge in [0.15, 0.2) is 0 Å². The third-order valence-electron chi connectivity index (χ3n) is 10.7. The summed E-state index contributed by atoms with van der Waals surface area (Å²) in [4.78, 5) is 23.1. The van der Waals surface area contributed by atoms with Crippen LogP contribution in [0.3, 0.4) is 0 Å². The average molecular weight is 445 g/mol. The molecule has 0 aromatic heterocycles. The second-order valence-electron chi connectivity index (χ2n) is 12.1. The van der Waals surface area contributed by atoms with E-state index < -0.39 is 5.97 Å². The maximum Gasteiger partial charge on any atom is 0.330 e. The SMILES string of the molecule is CCOC(=O)/C=C1\CCC2(C)C(CCC3[C@@H]2CCC2(C)[C@@H](C(C)CCC(=O)O)CC[C@@H]32)C1. The molecule has 0 amide bonds. The minimum atomic E-state index is -0.653. The van der Waals surface area contributed by atoms with E-state index in [1.165, 1.54) is 50.5 Å². The Labute approximate surface area is 194 Å². The molecule has 0 spiro atoms. The Hall–Kier alpha value is -1.32. The molecule has 4 heteroatoms. The molecule has 180 valence electrons. The van der Waals surface area contributed by atoms with Crippen LogP contribution in [0.5, 0.6) is 0 Å². The molecule has 4 nitrogen and oxygen atoms in total. The van der Waals surface area contributed by atoms with Gasteiger partial charge in [0.05, 0.1) is 6.61 Å². The molecular weight excluding hydrogens is 400 g/mol. The van der Waals surface area contributed by atoms with Gasteiger partial charge in [0.1, 0.15) is 0 Å². The zero-order valence-corrected chi connectivity index (χ0v) is 20.7. The van der Waals surface area contributed by atoms with Crippen LogP contribution >= 0.6 is 0 Å². The quantitative estimate of drug-likeness (QED) is 0.369. The third kappa shape index (κ3) is 4.16. The summed E-state index contributed by atoms with van der Waals surface area (Å²) in [6, 6.07) is 0. The maximum absolute atomic E-state index is 12.0. The highest BCUT2D eigenvalue weighted by atomic mass is 16.5. The smallest absolute Gasteiger partial charge is 0.330 e. The van der Waals surface area contributed by atoms with E-state index in [9.17, 15) is 9.59 Å². The van der Waals surface area contributed by atoms with E-state index in [1.807, 2.05) is 6.92 Å². The highest BCUT2D eigenvalue weighted by molar-refractivity contribution is 5.82. The van der Waals surface area contributed by atoms with Gasteiger partial charge < -0.3 is 9.84 Å². The Morgan fingerprint density at radius 3 is 2.56 bits per heavy atom. The molecule has 0 heterocycles. The van der Waals surface area contributed by atoms with Gasteiger partial charge in [-0.2, -0.15) is 0 Å². The summed E-state index contributed by atoms with van der Waals surface area (Å²) >= 11 is 0. The number of aliphatic carboxylic acids is 1. The topological polar surface area (TPSA) is 63.6 Å². The summed E-state index contributed by atoms with van der Waals surface area (Å²) in [7, 11) is 0. The highest BCUT2D eigenvalue weighted by Gasteiger charge is 2.60. The second kappa shape index (κ2) is 9.14. The van der Waals surface area contributed by atoms with Crippen molar-refractivity contribution in [2.75, 3.05) is 6.61 Å². The predicted molar refractivity (Wildman–Crippen MR) is 126 cm³/mol. The van der Waals surface area contributed by atoms with E-state index >= 15 is 0 Å². The molecule has 0 aliphatic heterocycles. The minimum absolute atomic E-state index is 0.165. The summed E-state index contributed by atoms with van der Waals surface area (Å²) in [5, 5.41) is 9.16. The first kappa shape index (κ1) is 23.8. The van der Waals surface area contributed by atoms with E-state index in [1.54, 1.807) is 6.08 Å². The summed E-state index contributed by atoms with van der Waals surface area (Å²) < 4.78 is 5.16. The van der Waals surface area contributed by atoms with Crippen molar-refractivity contribution < 1.29 is 19.4 Å². The summed E-state index contributed by atoms with van der Waals surface area (Å²) in [6.07, 6.45) is 14.2. The first-order chi connectivity index (χ1) is 15.2. The number of carbonyl (C=O) groups is 2. The first-order valence-corrected chi connectivity index (χ1v) is 13.3.